The number of carbonyl (C=O) groups excluding carboxylic acids is 3. The second-order valence-corrected chi connectivity index (χ2v) is 8.67. The van der Waals surface area contributed by atoms with E-state index in [-0.39, 0.29) is 17.3 Å². The molecule has 34 heavy (non-hydrogen) atoms. The third-order valence-electron chi connectivity index (χ3n) is 4.85. The van der Waals surface area contributed by atoms with Crippen LogP contribution >= 0.6 is 23.4 Å². The zero-order valence-corrected chi connectivity index (χ0v) is 19.2. The van der Waals surface area contributed by atoms with Crippen LogP contribution in [0.5, 0.6) is 5.75 Å². The van der Waals surface area contributed by atoms with E-state index >= 15 is 0 Å². The van der Waals surface area contributed by atoms with Crippen molar-refractivity contribution in [2.24, 2.45) is 0 Å². The van der Waals surface area contributed by atoms with Crippen molar-refractivity contribution in [3.05, 3.63) is 99.7 Å². The van der Waals surface area contributed by atoms with Gasteiger partial charge in [0.25, 0.3) is 11.1 Å². The molecule has 0 aliphatic carbocycles. The molecule has 3 amide bonds. The molecule has 1 N–H and O–H groups in total. The van der Waals surface area contributed by atoms with Crippen molar-refractivity contribution in [1.29, 1.82) is 0 Å². The number of benzene rings is 3. The number of halogens is 2. The van der Waals surface area contributed by atoms with E-state index in [1.807, 2.05) is 0 Å². The van der Waals surface area contributed by atoms with Gasteiger partial charge in [-0.2, -0.15) is 0 Å². The first kappa shape index (κ1) is 23.5. The van der Waals surface area contributed by atoms with E-state index in [0.29, 0.717) is 27.6 Å². The molecule has 0 unspecified atom stereocenters. The number of thioether (sulfide) groups is 1. The lowest BCUT2D eigenvalue weighted by Gasteiger charge is -2.12. The average molecular weight is 497 g/mol. The van der Waals surface area contributed by atoms with Gasteiger partial charge in [-0.3, -0.25) is 19.3 Å². The van der Waals surface area contributed by atoms with Crippen LogP contribution in [0.15, 0.2) is 77.7 Å². The molecule has 1 heterocycles. The lowest BCUT2D eigenvalue weighted by molar-refractivity contribution is -0.127. The van der Waals surface area contributed by atoms with Gasteiger partial charge in [0, 0.05) is 21.8 Å². The molecule has 6 nitrogen and oxygen atoms in total. The van der Waals surface area contributed by atoms with E-state index in [1.54, 1.807) is 66.7 Å². The van der Waals surface area contributed by atoms with E-state index < -0.39 is 23.6 Å². The second kappa shape index (κ2) is 10.5. The standard InChI is InChI=1S/C25H18ClFN2O4S/c26-18-9-11-19(12-10-18)28-23(30)14-29-24(31)22(34-25(29)32)13-16-5-2-4-8-21(16)33-15-17-6-1-3-7-20(17)27/h1-13H,14-15H2,(H,28,30)/b22-13+. The molecule has 0 bridgehead atoms. The van der Waals surface area contributed by atoms with Crippen LogP contribution in [0.3, 0.4) is 0 Å². The van der Waals surface area contributed by atoms with Gasteiger partial charge in [0.1, 0.15) is 24.7 Å². The van der Waals surface area contributed by atoms with E-state index in [2.05, 4.69) is 5.32 Å². The number of amides is 3. The molecule has 172 valence electrons. The van der Waals surface area contributed by atoms with Gasteiger partial charge in [-0.15, -0.1) is 0 Å². The normalized spacial score (nSPS) is 14.5. The summed E-state index contributed by atoms with van der Waals surface area (Å²) in [4.78, 5) is 38.6. The lowest BCUT2D eigenvalue weighted by Crippen LogP contribution is -2.36. The summed E-state index contributed by atoms with van der Waals surface area (Å²) in [6.07, 6.45) is 1.53. The summed E-state index contributed by atoms with van der Waals surface area (Å²) < 4.78 is 19.7. The molecule has 1 fully saturated rings. The van der Waals surface area contributed by atoms with E-state index in [0.717, 1.165) is 16.7 Å². The molecular weight excluding hydrogens is 479 g/mol. The number of anilines is 1. The molecule has 9 heteroatoms. The summed E-state index contributed by atoms with van der Waals surface area (Å²) in [5.41, 5.74) is 1.44. The Bertz CT molecular complexity index is 1280. The lowest BCUT2D eigenvalue weighted by atomic mass is 10.1. The summed E-state index contributed by atoms with van der Waals surface area (Å²) in [6.45, 7) is -0.417. The van der Waals surface area contributed by atoms with Crippen molar-refractivity contribution in [3.8, 4) is 5.75 Å². The van der Waals surface area contributed by atoms with Crippen LogP contribution in [0.2, 0.25) is 5.02 Å². The minimum atomic E-state index is -0.579. The van der Waals surface area contributed by atoms with Crippen LogP contribution in [-0.4, -0.2) is 28.5 Å². The highest BCUT2D eigenvalue weighted by atomic mass is 35.5. The Labute approximate surface area is 204 Å². The summed E-state index contributed by atoms with van der Waals surface area (Å²) >= 11 is 6.57. The molecule has 0 saturated carbocycles. The number of hydrogen-bond donors (Lipinski definition) is 1. The van der Waals surface area contributed by atoms with E-state index in [4.69, 9.17) is 16.3 Å². The van der Waals surface area contributed by atoms with Gasteiger partial charge in [0.05, 0.1) is 4.91 Å². The molecule has 1 saturated heterocycles. The summed E-state index contributed by atoms with van der Waals surface area (Å²) in [5, 5.41) is 2.60. The smallest absolute Gasteiger partial charge is 0.294 e. The second-order valence-electron chi connectivity index (χ2n) is 7.24. The van der Waals surface area contributed by atoms with Gasteiger partial charge >= 0.3 is 0 Å². The number of para-hydroxylation sites is 1. The molecule has 0 radical (unpaired) electrons. The maximum Gasteiger partial charge on any atom is 0.294 e. The van der Waals surface area contributed by atoms with Crippen LogP contribution < -0.4 is 10.1 Å². The number of ether oxygens (including phenoxy) is 1. The molecule has 1 aliphatic heterocycles. The average Bonchev–Trinajstić information content (AvgIpc) is 3.08. The molecule has 3 aromatic rings. The third-order valence-corrected chi connectivity index (χ3v) is 6.01. The summed E-state index contributed by atoms with van der Waals surface area (Å²) in [6, 6.07) is 19.7. The third kappa shape index (κ3) is 5.65. The van der Waals surface area contributed by atoms with Gasteiger partial charge in [-0.1, -0.05) is 48.0 Å². The Balaban J connectivity index is 1.45. The first-order chi connectivity index (χ1) is 16.4. The molecule has 3 aromatic carbocycles. The minimum absolute atomic E-state index is 0.00384. The maximum atomic E-state index is 13.9. The number of hydrogen-bond acceptors (Lipinski definition) is 5. The number of rotatable bonds is 7. The Morgan fingerprint density at radius 1 is 1.03 bits per heavy atom. The number of imide groups is 1. The molecule has 0 atom stereocenters. The van der Waals surface area contributed by atoms with Crippen LogP contribution in [0.25, 0.3) is 6.08 Å². The number of nitrogens with zero attached hydrogens (tertiary/aromatic N) is 1. The van der Waals surface area contributed by atoms with Gasteiger partial charge in [-0.05, 0) is 54.2 Å². The van der Waals surface area contributed by atoms with Crippen molar-refractivity contribution in [3.63, 3.8) is 0 Å². The number of nitrogens with one attached hydrogen (secondary N) is 1. The maximum absolute atomic E-state index is 13.9. The predicted molar refractivity (Wildman–Crippen MR) is 130 cm³/mol. The fraction of sp³-hybridized carbons (Fsp3) is 0.0800. The highest BCUT2D eigenvalue weighted by Gasteiger charge is 2.36. The largest absolute Gasteiger partial charge is 0.488 e. The van der Waals surface area contributed by atoms with Gasteiger partial charge in [0.2, 0.25) is 5.91 Å². The quantitative estimate of drug-likeness (QED) is 0.422. The van der Waals surface area contributed by atoms with Crippen molar-refractivity contribution >= 4 is 52.2 Å². The minimum Gasteiger partial charge on any atom is -0.488 e. The summed E-state index contributed by atoms with van der Waals surface area (Å²) in [5.74, 6) is -1.04. The Kier molecular flexibility index (Phi) is 7.30. The Morgan fingerprint density at radius 3 is 2.50 bits per heavy atom. The Morgan fingerprint density at radius 2 is 1.74 bits per heavy atom. The zero-order chi connectivity index (χ0) is 24.1. The van der Waals surface area contributed by atoms with Crippen molar-refractivity contribution in [1.82, 2.24) is 4.90 Å². The molecule has 0 spiro atoms. The first-order valence-electron chi connectivity index (χ1n) is 10.2. The predicted octanol–water partition coefficient (Wildman–Crippen LogP) is 5.73. The van der Waals surface area contributed by atoms with Crippen LogP contribution in [0, 0.1) is 5.82 Å². The van der Waals surface area contributed by atoms with Crippen molar-refractivity contribution < 1.29 is 23.5 Å². The monoisotopic (exact) mass is 496 g/mol. The van der Waals surface area contributed by atoms with E-state index in [9.17, 15) is 18.8 Å². The van der Waals surface area contributed by atoms with Crippen LogP contribution in [0.1, 0.15) is 11.1 Å². The van der Waals surface area contributed by atoms with Gasteiger partial charge in [-0.25, -0.2) is 4.39 Å². The highest BCUT2D eigenvalue weighted by molar-refractivity contribution is 8.18. The van der Waals surface area contributed by atoms with Crippen molar-refractivity contribution in [2.45, 2.75) is 6.61 Å². The SMILES string of the molecule is O=C(CN1C(=O)S/C(=C/c2ccccc2OCc2ccccc2F)C1=O)Nc1ccc(Cl)cc1. The van der Waals surface area contributed by atoms with Gasteiger partial charge < -0.3 is 10.1 Å². The zero-order valence-electron chi connectivity index (χ0n) is 17.7. The molecule has 1 aliphatic rings. The topological polar surface area (TPSA) is 75.7 Å². The highest BCUT2D eigenvalue weighted by Crippen LogP contribution is 2.34. The summed E-state index contributed by atoms with van der Waals surface area (Å²) in [7, 11) is 0. The molecular formula is C25H18ClFN2O4S. The molecule has 0 aromatic heterocycles. The fourth-order valence-electron chi connectivity index (χ4n) is 3.16. The van der Waals surface area contributed by atoms with Gasteiger partial charge in [0.15, 0.2) is 0 Å². The van der Waals surface area contributed by atoms with Crippen LogP contribution in [0.4, 0.5) is 14.9 Å². The fourth-order valence-corrected chi connectivity index (χ4v) is 4.11. The first-order valence-corrected chi connectivity index (χ1v) is 11.4. The molecule has 4 rings (SSSR count). The van der Waals surface area contributed by atoms with Crippen molar-refractivity contribution in [2.75, 3.05) is 11.9 Å². The van der Waals surface area contributed by atoms with Crippen LogP contribution in [-0.2, 0) is 16.2 Å². The van der Waals surface area contributed by atoms with E-state index in [1.165, 1.54) is 12.1 Å². The Hall–Kier alpha value is -3.62. The number of carbonyl (C=O) groups is 3.